The number of amides is 1. The zero-order chi connectivity index (χ0) is 19.4. The van der Waals surface area contributed by atoms with E-state index in [1.54, 1.807) is 19.0 Å². The Labute approximate surface area is 185 Å². The number of hydrogen-bond donors (Lipinski definition) is 2. The first kappa shape index (κ1) is 23.0. The van der Waals surface area contributed by atoms with Gasteiger partial charge in [0.15, 0.2) is 5.96 Å². The fourth-order valence-electron chi connectivity index (χ4n) is 4.37. The van der Waals surface area contributed by atoms with Crippen LogP contribution in [-0.2, 0) is 11.3 Å². The van der Waals surface area contributed by atoms with Gasteiger partial charge in [0.1, 0.15) is 6.54 Å². The van der Waals surface area contributed by atoms with Crippen molar-refractivity contribution < 1.29 is 4.79 Å². The number of nitrogens with one attached hydrogen (secondary N) is 2. The first-order chi connectivity index (χ1) is 12.9. The molecule has 1 amide bonds. The summed E-state index contributed by atoms with van der Waals surface area (Å²) in [7, 11) is 3.53. The molecule has 158 valence electrons. The van der Waals surface area contributed by atoms with Crippen molar-refractivity contribution in [3.8, 4) is 0 Å². The third kappa shape index (κ3) is 6.09. The summed E-state index contributed by atoms with van der Waals surface area (Å²) in [6.45, 7) is 5.98. The minimum atomic E-state index is 0. The van der Waals surface area contributed by atoms with Gasteiger partial charge in [-0.2, -0.15) is 5.10 Å². The van der Waals surface area contributed by atoms with Gasteiger partial charge in [-0.05, 0) is 57.4 Å². The number of nitrogens with zero attached hydrogens (tertiary/aromatic N) is 4. The summed E-state index contributed by atoms with van der Waals surface area (Å²) in [5.74, 6) is 2.44. The summed E-state index contributed by atoms with van der Waals surface area (Å²) in [5, 5.41) is 11.5. The summed E-state index contributed by atoms with van der Waals surface area (Å²) in [6, 6.07) is 2.60. The number of aromatic nitrogens is 2. The van der Waals surface area contributed by atoms with Gasteiger partial charge in [-0.15, -0.1) is 24.0 Å². The number of guanidine groups is 1. The van der Waals surface area contributed by atoms with E-state index in [4.69, 9.17) is 0 Å². The Morgan fingerprint density at radius 2 is 2.11 bits per heavy atom. The average molecular weight is 502 g/mol. The van der Waals surface area contributed by atoms with Crippen molar-refractivity contribution in [3.63, 3.8) is 0 Å². The van der Waals surface area contributed by atoms with E-state index in [0.717, 1.165) is 43.0 Å². The van der Waals surface area contributed by atoms with Crippen LogP contribution in [0.2, 0.25) is 0 Å². The Morgan fingerprint density at radius 3 is 2.68 bits per heavy atom. The molecule has 1 aromatic rings. The van der Waals surface area contributed by atoms with Crippen LogP contribution in [0, 0.1) is 25.7 Å². The molecule has 0 spiro atoms. The highest BCUT2D eigenvalue weighted by Crippen LogP contribution is 2.44. The molecule has 2 bridgehead atoms. The number of hydrogen-bond acceptors (Lipinski definition) is 3. The number of fused-ring (bicyclic) bond motifs is 2. The highest BCUT2D eigenvalue weighted by molar-refractivity contribution is 14.0. The lowest BCUT2D eigenvalue weighted by molar-refractivity contribution is -0.127. The molecule has 1 heterocycles. The number of likely N-dealkylation sites (N-methyl/N-ethyl adjacent to an activating group) is 1. The molecule has 0 radical (unpaired) electrons. The number of carbonyl (C=O) groups is 1. The minimum Gasteiger partial charge on any atom is -0.356 e. The summed E-state index contributed by atoms with van der Waals surface area (Å²) >= 11 is 0. The predicted molar refractivity (Wildman–Crippen MR) is 123 cm³/mol. The van der Waals surface area contributed by atoms with Crippen LogP contribution in [-0.4, -0.2) is 59.8 Å². The molecule has 3 rings (SSSR count). The highest BCUT2D eigenvalue weighted by Gasteiger charge is 2.39. The molecule has 1 aromatic heterocycles. The van der Waals surface area contributed by atoms with E-state index in [1.807, 2.05) is 11.6 Å². The van der Waals surface area contributed by atoms with Crippen LogP contribution in [0.3, 0.4) is 0 Å². The van der Waals surface area contributed by atoms with Gasteiger partial charge < -0.3 is 15.5 Å². The lowest BCUT2D eigenvalue weighted by Gasteiger charge is -2.25. The third-order valence-corrected chi connectivity index (χ3v) is 5.87. The maximum absolute atomic E-state index is 11.9. The topological polar surface area (TPSA) is 74.6 Å². The summed E-state index contributed by atoms with van der Waals surface area (Å²) in [5.41, 5.74) is 2.25. The van der Waals surface area contributed by atoms with Crippen molar-refractivity contribution in [2.24, 2.45) is 16.8 Å². The molecular formula is C20H35IN6O. The van der Waals surface area contributed by atoms with Gasteiger partial charge in [0.25, 0.3) is 0 Å². The first-order valence-corrected chi connectivity index (χ1v) is 10.2. The molecule has 2 fully saturated rings. The van der Waals surface area contributed by atoms with E-state index in [0.29, 0.717) is 6.04 Å². The van der Waals surface area contributed by atoms with Crippen LogP contribution in [0.25, 0.3) is 0 Å². The quantitative estimate of drug-likeness (QED) is 0.260. The molecule has 3 unspecified atom stereocenters. The van der Waals surface area contributed by atoms with Crippen LogP contribution in [0.4, 0.5) is 0 Å². The van der Waals surface area contributed by atoms with E-state index < -0.39 is 0 Å². The maximum Gasteiger partial charge on any atom is 0.243 e. The SMILES string of the molecule is Cc1cc(C)n(CCCNC(=NCC(=O)N(C)C)NC2CC3CCC2C3)n1.I. The fourth-order valence-corrected chi connectivity index (χ4v) is 4.37. The number of rotatable bonds is 7. The second-order valence-electron chi connectivity index (χ2n) is 8.31. The van der Waals surface area contributed by atoms with Gasteiger partial charge >= 0.3 is 0 Å². The van der Waals surface area contributed by atoms with Gasteiger partial charge in [0.2, 0.25) is 5.91 Å². The summed E-state index contributed by atoms with van der Waals surface area (Å²) < 4.78 is 2.05. The average Bonchev–Trinajstić information content (AvgIpc) is 3.31. The van der Waals surface area contributed by atoms with Crippen molar-refractivity contribution in [3.05, 3.63) is 17.5 Å². The van der Waals surface area contributed by atoms with Crippen molar-refractivity contribution >= 4 is 35.8 Å². The summed E-state index contributed by atoms with van der Waals surface area (Å²) in [6.07, 6.45) is 6.24. The molecule has 3 atom stereocenters. The Kier molecular flexibility index (Phi) is 8.57. The maximum atomic E-state index is 11.9. The Balaban J connectivity index is 0.00000280. The summed E-state index contributed by atoms with van der Waals surface area (Å²) in [4.78, 5) is 18.0. The van der Waals surface area contributed by atoms with Crippen molar-refractivity contribution in [1.29, 1.82) is 0 Å². The van der Waals surface area contributed by atoms with Gasteiger partial charge in [-0.3, -0.25) is 9.48 Å². The molecule has 2 aliphatic carbocycles. The predicted octanol–water partition coefficient (Wildman–Crippen LogP) is 2.32. The molecule has 28 heavy (non-hydrogen) atoms. The highest BCUT2D eigenvalue weighted by atomic mass is 127. The Bertz CT molecular complexity index is 686. The van der Waals surface area contributed by atoms with Crippen molar-refractivity contribution in [2.75, 3.05) is 27.2 Å². The van der Waals surface area contributed by atoms with Gasteiger partial charge in [0, 0.05) is 38.9 Å². The zero-order valence-corrected chi connectivity index (χ0v) is 19.9. The van der Waals surface area contributed by atoms with Gasteiger partial charge in [0.05, 0.1) is 5.69 Å². The second-order valence-corrected chi connectivity index (χ2v) is 8.31. The van der Waals surface area contributed by atoms with Crippen molar-refractivity contribution in [1.82, 2.24) is 25.3 Å². The number of halogens is 1. The van der Waals surface area contributed by atoms with Crippen molar-refractivity contribution in [2.45, 2.75) is 58.5 Å². The fraction of sp³-hybridized carbons (Fsp3) is 0.750. The molecule has 7 nitrogen and oxygen atoms in total. The van der Waals surface area contributed by atoms with Crippen LogP contribution in [0.1, 0.15) is 43.5 Å². The minimum absolute atomic E-state index is 0. The lowest BCUT2D eigenvalue weighted by atomic mass is 9.95. The zero-order valence-electron chi connectivity index (χ0n) is 17.6. The molecular weight excluding hydrogens is 467 g/mol. The largest absolute Gasteiger partial charge is 0.356 e. The van der Waals surface area contributed by atoms with E-state index in [1.165, 1.54) is 31.4 Å². The molecule has 0 aromatic carbocycles. The Hall–Kier alpha value is -1.32. The van der Waals surface area contributed by atoms with Gasteiger partial charge in [-0.1, -0.05) is 6.42 Å². The Morgan fingerprint density at radius 1 is 1.32 bits per heavy atom. The molecule has 0 aliphatic heterocycles. The van der Waals surface area contributed by atoms with Crippen LogP contribution >= 0.6 is 24.0 Å². The molecule has 2 saturated carbocycles. The number of aryl methyl sites for hydroxylation is 3. The standard InChI is InChI=1S/C20H34N6O.HI/c1-14-10-15(2)26(24-14)9-5-8-21-20(22-13-19(27)25(3)4)23-18-12-16-6-7-17(18)11-16;/h10,16-18H,5-9,11-13H2,1-4H3,(H2,21,22,23);1H. The second kappa shape index (κ2) is 10.5. The van der Waals surface area contributed by atoms with E-state index in [2.05, 4.69) is 33.7 Å². The van der Waals surface area contributed by atoms with Crippen LogP contribution in [0.5, 0.6) is 0 Å². The van der Waals surface area contributed by atoms with Gasteiger partial charge in [-0.25, -0.2) is 4.99 Å². The molecule has 2 N–H and O–H groups in total. The first-order valence-electron chi connectivity index (χ1n) is 10.2. The van der Waals surface area contributed by atoms with Crippen LogP contribution < -0.4 is 10.6 Å². The van der Waals surface area contributed by atoms with Crippen LogP contribution in [0.15, 0.2) is 11.1 Å². The molecule has 8 heteroatoms. The third-order valence-electron chi connectivity index (χ3n) is 5.87. The monoisotopic (exact) mass is 502 g/mol. The van der Waals surface area contributed by atoms with E-state index >= 15 is 0 Å². The molecule has 0 saturated heterocycles. The van der Waals surface area contributed by atoms with E-state index in [9.17, 15) is 4.79 Å². The lowest BCUT2D eigenvalue weighted by Crippen LogP contribution is -2.46. The normalized spacial score (nSPS) is 23.4. The van der Waals surface area contributed by atoms with E-state index in [-0.39, 0.29) is 36.4 Å². The smallest absolute Gasteiger partial charge is 0.243 e. The number of carbonyl (C=O) groups excluding carboxylic acids is 1. The molecule has 2 aliphatic rings. The number of aliphatic imine (C=N–C) groups is 1.